The number of aliphatic hydroxyl groups is 2. The highest BCUT2D eigenvalue weighted by molar-refractivity contribution is 5.97. The maximum absolute atomic E-state index is 15.7. The third-order valence-corrected chi connectivity index (χ3v) is 13.4. The third kappa shape index (κ3) is 7.56. The summed E-state index contributed by atoms with van der Waals surface area (Å²) in [5.41, 5.74) is -7.34. The molecule has 2 bridgehead atoms. The zero-order valence-corrected chi connectivity index (χ0v) is 36.4. The molecule has 2 saturated carbocycles. The van der Waals surface area contributed by atoms with E-state index in [2.05, 4.69) is 5.32 Å². The molecule has 1 amide bonds. The number of hydrogen-bond acceptors (Lipinski definition) is 15. The molecule has 3 fully saturated rings. The van der Waals surface area contributed by atoms with E-state index in [0.29, 0.717) is 5.56 Å². The molecule has 0 radical (unpaired) electrons. The van der Waals surface area contributed by atoms with Crippen molar-refractivity contribution in [2.24, 2.45) is 16.7 Å². The van der Waals surface area contributed by atoms with Gasteiger partial charge in [0.2, 0.25) is 0 Å². The van der Waals surface area contributed by atoms with Crippen LogP contribution in [0, 0.1) is 16.7 Å². The summed E-state index contributed by atoms with van der Waals surface area (Å²) in [6.07, 6.45) is -10.7. The Labute approximate surface area is 369 Å². The van der Waals surface area contributed by atoms with Crippen molar-refractivity contribution in [2.75, 3.05) is 6.61 Å². The molecular weight excluding hydrogens is 831 g/mol. The topological polar surface area (TPSA) is 227 Å². The van der Waals surface area contributed by atoms with Crippen LogP contribution in [0.25, 0.3) is 0 Å². The first-order chi connectivity index (χ1) is 30.2. The molecule has 0 spiro atoms. The number of benzene rings is 3. The minimum Gasteiger partial charge on any atom is -0.459 e. The van der Waals surface area contributed by atoms with Gasteiger partial charge in [-0.05, 0) is 54.8 Å². The van der Waals surface area contributed by atoms with Crippen LogP contribution in [0.15, 0.2) is 102 Å². The fourth-order valence-corrected chi connectivity index (χ4v) is 10.4. The Morgan fingerprint density at radius 2 is 1.31 bits per heavy atom. The maximum Gasteiger partial charge on any atom is 0.338 e. The summed E-state index contributed by atoms with van der Waals surface area (Å²) in [6, 6.07) is 22.8. The Kier molecular flexibility index (Phi) is 12.2. The van der Waals surface area contributed by atoms with Crippen molar-refractivity contribution in [1.82, 2.24) is 5.32 Å². The Hall–Kier alpha value is -6.23. The minimum atomic E-state index is -2.42. The number of carbonyl (C=O) groups excluding carboxylic acids is 7. The average Bonchev–Trinajstić information content (AvgIpc) is 3.37. The van der Waals surface area contributed by atoms with E-state index in [0.717, 1.165) is 20.8 Å². The van der Waals surface area contributed by atoms with Crippen LogP contribution in [0.5, 0.6) is 0 Å². The SMILES string of the molecule is CC(=O)O[C@H]1C(=O)[C@@]2(C)C(C(OC(=O)c3ccccc3)[C@]3(O)C[C@H](OC(=O)[C@H](O)[C@@H](NC(=O)c4ccccc4)c4ccccc4)C(C)=C1C3(C)C)[C@]1(OC(C)=O)COC1[C@@H]2OC(C)=O. The second kappa shape index (κ2) is 17.0. The van der Waals surface area contributed by atoms with Gasteiger partial charge in [-0.25, -0.2) is 9.59 Å². The van der Waals surface area contributed by atoms with Gasteiger partial charge in [0.15, 0.2) is 23.6 Å². The number of carbonyl (C=O) groups is 7. The molecule has 16 nitrogen and oxygen atoms in total. The summed E-state index contributed by atoms with van der Waals surface area (Å²) in [4.78, 5) is 96.8. The van der Waals surface area contributed by atoms with E-state index >= 15 is 4.79 Å². The van der Waals surface area contributed by atoms with Crippen LogP contribution < -0.4 is 5.32 Å². The second-order valence-corrected chi connectivity index (χ2v) is 17.6. The van der Waals surface area contributed by atoms with Gasteiger partial charge in [-0.2, -0.15) is 0 Å². The molecule has 11 atom stereocenters. The lowest BCUT2D eigenvalue weighted by molar-refractivity contribution is -0.288. The van der Waals surface area contributed by atoms with E-state index in [1.165, 1.54) is 26.0 Å². The van der Waals surface area contributed by atoms with Crippen LogP contribution in [0.3, 0.4) is 0 Å². The number of hydrogen-bond donors (Lipinski definition) is 3. The van der Waals surface area contributed by atoms with Gasteiger partial charge in [0.25, 0.3) is 5.91 Å². The lowest BCUT2D eigenvalue weighted by Gasteiger charge is -2.60. The molecule has 7 rings (SSSR count). The summed E-state index contributed by atoms with van der Waals surface area (Å²) in [6.45, 7) is 8.90. The number of esters is 5. The molecule has 64 heavy (non-hydrogen) atoms. The molecule has 3 aliphatic carbocycles. The maximum atomic E-state index is 15.7. The second-order valence-electron chi connectivity index (χ2n) is 17.6. The summed E-state index contributed by atoms with van der Waals surface area (Å²) < 4.78 is 36.3. The van der Waals surface area contributed by atoms with E-state index in [1.807, 2.05) is 0 Å². The zero-order chi connectivity index (χ0) is 46.5. The summed E-state index contributed by atoms with van der Waals surface area (Å²) in [7, 11) is 0. The Balaban J connectivity index is 1.40. The van der Waals surface area contributed by atoms with Gasteiger partial charge in [0, 0.05) is 38.2 Å². The monoisotopic (exact) mass is 881 g/mol. The predicted molar refractivity (Wildman–Crippen MR) is 223 cm³/mol. The van der Waals surface area contributed by atoms with Gasteiger partial charge in [0.05, 0.1) is 29.5 Å². The quantitative estimate of drug-likeness (QED) is 0.141. The molecule has 3 aromatic rings. The number of ketones is 1. The van der Waals surface area contributed by atoms with Gasteiger partial charge in [0.1, 0.15) is 30.0 Å². The smallest absolute Gasteiger partial charge is 0.338 e. The molecule has 3 N–H and O–H groups in total. The Morgan fingerprint density at radius 1 is 0.750 bits per heavy atom. The summed E-state index contributed by atoms with van der Waals surface area (Å²) in [5, 5.41) is 28.3. The van der Waals surface area contributed by atoms with Gasteiger partial charge in [-0.15, -0.1) is 0 Å². The lowest BCUT2D eigenvalue weighted by Crippen LogP contribution is -2.73. The fourth-order valence-electron chi connectivity index (χ4n) is 10.4. The number of nitrogens with one attached hydrogen (secondary N) is 1. The van der Waals surface area contributed by atoms with Crippen molar-refractivity contribution in [3.63, 3.8) is 0 Å². The van der Waals surface area contributed by atoms with Crippen molar-refractivity contribution < 1.29 is 72.2 Å². The molecule has 3 aromatic carbocycles. The van der Waals surface area contributed by atoms with Crippen molar-refractivity contribution in [1.29, 1.82) is 0 Å². The van der Waals surface area contributed by atoms with Gasteiger partial charge < -0.3 is 44.0 Å². The standard InChI is InChI=1S/C48H51NO15/c1-25-32(62-44(57)35(53)34(29-17-11-8-12-18-29)49-42(55)30-19-13-9-14-20-30)23-48(58)39(63-43(56)31-21-15-10-16-22-31)37-46(7,38(54)36(60-26(2)50)33(25)45(48,5)6)40(61-27(3)51)41-47(37,24-59-41)64-28(4)52/h8-22,32,34-37,39-41,53,58H,23-24H2,1-7H3,(H,49,55)/t32-,34-,35+,36+,37?,39?,40-,41?,46+,47+,48+/m0/s1. The molecule has 1 saturated heterocycles. The highest BCUT2D eigenvalue weighted by Gasteiger charge is 2.83. The number of fused-ring (bicyclic) bond motifs is 5. The van der Waals surface area contributed by atoms with Gasteiger partial charge in [-0.1, -0.05) is 80.6 Å². The highest BCUT2D eigenvalue weighted by atomic mass is 16.7. The fraction of sp³-hybridized carbons (Fsp3) is 0.438. The largest absolute Gasteiger partial charge is 0.459 e. The number of aliphatic hydroxyl groups excluding tert-OH is 1. The average molecular weight is 882 g/mol. The van der Waals surface area contributed by atoms with E-state index in [1.54, 1.807) is 92.7 Å². The highest BCUT2D eigenvalue weighted by Crippen LogP contribution is 2.67. The zero-order valence-electron chi connectivity index (χ0n) is 36.4. The molecule has 0 aromatic heterocycles. The molecule has 1 aliphatic heterocycles. The van der Waals surface area contributed by atoms with Crippen LogP contribution in [0.4, 0.5) is 0 Å². The van der Waals surface area contributed by atoms with E-state index in [9.17, 15) is 39.0 Å². The van der Waals surface area contributed by atoms with E-state index in [-0.39, 0.29) is 22.3 Å². The lowest BCUT2D eigenvalue weighted by atomic mass is 9.50. The Bertz CT molecular complexity index is 2380. The predicted octanol–water partition coefficient (Wildman–Crippen LogP) is 3.92. The van der Waals surface area contributed by atoms with Gasteiger partial charge >= 0.3 is 29.8 Å². The molecule has 338 valence electrons. The van der Waals surface area contributed by atoms with Crippen LogP contribution in [0.1, 0.15) is 87.2 Å². The van der Waals surface area contributed by atoms with Crippen molar-refractivity contribution in [3.05, 3.63) is 119 Å². The normalized spacial score (nSPS) is 30.9. The van der Waals surface area contributed by atoms with Crippen molar-refractivity contribution in [3.8, 4) is 0 Å². The van der Waals surface area contributed by atoms with Crippen LogP contribution in [0.2, 0.25) is 0 Å². The first-order valence-corrected chi connectivity index (χ1v) is 20.9. The summed E-state index contributed by atoms with van der Waals surface area (Å²) in [5.74, 6) is -7.86. The van der Waals surface area contributed by atoms with E-state index < -0.39 is 125 Å². The Morgan fingerprint density at radius 3 is 1.84 bits per heavy atom. The van der Waals surface area contributed by atoms with Crippen LogP contribution in [-0.4, -0.2) is 106 Å². The first kappa shape index (κ1) is 45.8. The molecule has 1 heterocycles. The van der Waals surface area contributed by atoms with Crippen molar-refractivity contribution in [2.45, 2.75) is 109 Å². The third-order valence-electron chi connectivity index (χ3n) is 13.4. The summed E-state index contributed by atoms with van der Waals surface area (Å²) >= 11 is 0. The number of amides is 1. The van der Waals surface area contributed by atoms with Gasteiger partial charge in [-0.3, -0.25) is 24.0 Å². The molecule has 3 unspecified atom stereocenters. The first-order valence-electron chi connectivity index (χ1n) is 20.9. The molecule has 4 aliphatic rings. The number of Topliss-reactive ketones (excluding diaryl/α,β-unsaturated/α-hetero) is 1. The van der Waals surface area contributed by atoms with Crippen LogP contribution >= 0.6 is 0 Å². The molecule has 16 heteroatoms. The minimum absolute atomic E-state index is 0.0329. The van der Waals surface area contributed by atoms with Crippen molar-refractivity contribution >= 4 is 41.5 Å². The van der Waals surface area contributed by atoms with E-state index in [4.69, 9.17) is 28.4 Å². The number of ether oxygens (including phenoxy) is 6. The molecular formula is C48H51NO15. The number of rotatable bonds is 11. The van der Waals surface area contributed by atoms with Crippen LogP contribution in [-0.2, 0) is 52.4 Å².